The fraction of sp³-hybridized carbons (Fsp3) is 0.833. The molecule has 9 heteroatoms. The Bertz CT molecular complexity index is 226. The minimum Gasteiger partial charge on any atom is -0.770 e. The summed E-state index contributed by atoms with van der Waals surface area (Å²) in [6.45, 7) is -2.92. The average Bonchev–Trinajstić information content (AvgIpc) is 2.08. The molecule has 0 rings (SSSR count). The van der Waals surface area contributed by atoms with Crippen LogP contribution in [0.1, 0.15) is 6.42 Å². The summed E-state index contributed by atoms with van der Waals surface area (Å²) in [5, 5.41) is 5.84. The predicted octanol–water partition coefficient (Wildman–Crippen LogP) is -3.29. The van der Waals surface area contributed by atoms with Crippen molar-refractivity contribution in [3.63, 3.8) is 0 Å². The Kier molecular flexibility index (Phi) is 12.4. The Hall–Kier alpha value is 0.947. The van der Waals surface area contributed by atoms with Gasteiger partial charge in [0.1, 0.15) is 0 Å². The SMILES string of the molecule is CNC(=S)CCNCCSP(=O)([O-])O.[Li+]. The summed E-state index contributed by atoms with van der Waals surface area (Å²) >= 11 is 5.44. The molecule has 1 atom stereocenters. The van der Waals surface area contributed by atoms with E-state index >= 15 is 0 Å². The Morgan fingerprint density at radius 2 is 2.20 bits per heavy atom. The Morgan fingerprint density at radius 1 is 1.60 bits per heavy atom. The summed E-state index contributed by atoms with van der Waals surface area (Å²) in [6.07, 6.45) is 0.727. The second-order valence-electron chi connectivity index (χ2n) is 2.47. The Morgan fingerprint density at radius 3 is 2.67 bits per heavy atom. The van der Waals surface area contributed by atoms with E-state index in [0.717, 1.165) is 11.4 Å². The molecule has 0 radical (unpaired) electrons. The molecular formula is C6H14LiN2O3PS2. The van der Waals surface area contributed by atoms with Crippen molar-refractivity contribution in [3.8, 4) is 0 Å². The molecule has 0 aromatic heterocycles. The molecule has 0 aliphatic rings. The van der Waals surface area contributed by atoms with Crippen molar-refractivity contribution in [3.05, 3.63) is 0 Å². The van der Waals surface area contributed by atoms with Crippen LogP contribution < -0.4 is 34.4 Å². The molecule has 5 nitrogen and oxygen atoms in total. The molecule has 0 saturated heterocycles. The summed E-state index contributed by atoms with van der Waals surface area (Å²) in [4.78, 5) is 19.5. The number of nitrogens with one attached hydrogen (secondary N) is 2. The zero-order chi connectivity index (χ0) is 11.0. The monoisotopic (exact) mass is 264 g/mol. The molecule has 1 unspecified atom stereocenters. The van der Waals surface area contributed by atoms with Crippen LogP contribution in [0.15, 0.2) is 0 Å². The maximum Gasteiger partial charge on any atom is 1.00 e. The number of hydrogen-bond acceptors (Lipinski definition) is 5. The van der Waals surface area contributed by atoms with Crippen LogP contribution in [0.3, 0.4) is 0 Å². The van der Waals surface area contributed by atoms with Gasteiger partial charge in [0.15, 0.2) is 6.80 Å². The van der Waals surface area contributed by atoms with Crippen LogP contribution in [-0.4, -0.2) is 35.8 Å². The van der Waals surface area contributed by atoms with E-state index in [0.29, 0.717) is 30.2 Å². The third-order valence-corrected chi connectivity index (χ3v) is 3.99. The van der Waals surface area contributed by atoms with Gasteiger partial charge >= 0.3 is 18.9 Å². The minimum absolute atomic E-state index is 0. The van der Waals surface area contributed by atoms with Crippen LogP contribution in [0, 0.1) is 0 Å². The van der Waals surface area contributed by atoms with E-state index in [1.807, 2.05) is 0 Å². The van der Waals surface area contributed by atoms with E-state index < -0.39 is 6.80 Å². The minimum atomic E-state index is -4.15. The van der Waals surface area contributed by atoms with Gasteiger partial charge in [-0.3, -0.25) is 4.57 Å². The van der Waals surface area contributed by atoms with Crippen LogP contribution in [0.5, 0.6) is 0 Å². The molecule has 0 amide bonds. The van der Waals surface area contributed by atoms with E-state index in [1.165, 1.54) is 0 Å². The zero-order valence-corrected chi connectivity index (χ0v) is 11.4. The van der Waals surface area contributed by atoms with Crippen molar-refractivity contribution < 1.29 is 33.2 Å². The van der Waals surface area contributed by atoms with Gasteiger partial charge in [0.2, 0.25) is 0 Å². The van der Waals surface area contributed by atoms with E-state index in [1.54, 1.807) is 7.05 Å². The molecule has 0 heterocycles. The standard InChI is InChI=1S/C6H15N2O3PS2.Li/c1-7-6(13)2-3-8-4-5-14-12(9,10)11;/h8H,2-5H2,1H3,(H,7,13)(H2,9,10,11);/q;+1/p-1. The summed E-state index contributed by atoms with van der Waals surface area (Å²) < 4.78 is 10.3. The Balaban J connectivity index is 0. The smallest absolute Gasteiger partial charge is 0.770 e. The van der Waals surface area contributed by atoms with Crippen LogP contribution in [-0.2, 0) is 4.57 Å². The average molecular weight is 264 g/mol. The second kappa shape index (κ2) is 10.1. The number of thiocarbonyl (C=S) groups is 1. The summed E-state index contributed by atoms with van der Waals surface area (Å²) in [6, 6.07) is 0. The zero-order valence-electron chi connectivity index (χ0n) is 8.86. The molecule has 0 aliphatic heterocycles. The summed E-state index contributed by atoms with van der Waals surface area (Å²) in [5.41, 5.74) is 0. The van der Waals surface area contributed by atoms with E-state index in [9.17, 15) is 9.46 Å². The molecule has 0 aromatic rings. The first-order valence-corrected chi connectivity index (χ1v) is 7.63. The fourth-order valence-corrected chi connectivity index (χ4v) is 2.22. The van der Waals surface area contributed by atoms with Gasteiger partial charge in [-0.1, -0.05) is 23.6 Å². The molecule has 84 valence electrons. The van der Waals surface area contributed by atoms with Gasteiger partial charge in [0.25, 0.3) is 0 Å². The molecule has 0 fully saturated rings. The van der Waals surface area contributed by atoms with Gasteiger partial charge in [-0.05, 0) is 0 Å². The molecule has 0 spiro atoms. The van der Waals surface area contributed by atoms with E-state index in [4.69, 9.17) is 17.1 Å². The summed E-state index contributed by atoms with van der Waals surface area (Å²) in [5.74, 6) is 0.337. The number of hydrogen-bond donors (Lipinski definition) is 3. The largest absolute Gasteiger partial charge is 1.00 e. The van der Waals surface area contributed by atoms with Crippen LogP contribution in [0.4, 0.5) is 0 Å². The van der Waals surface area contributed by atoms with Gasteiger partial charge in [0, 0.05) is 32.3 Å². The third kappa shape index (κ3) is 14.9. The first-order valence-electron chi connectivity index (χ1n) is 4.05. The quantitative estimate of drug-likeness (QED) is 0.192. The van der Waals surface area contributed by atoms with Crippen molar-refractivity contribution >= 4 is 35.4 Å². The second-order valence-corrected chi connectivity index (χ2v) is 6.73. The van der Waals surface area contributed by atoms with Crippen molar-refractivity contribution in [1.82, 2.24) is 10.6 Å². The van der Waals surface area contributed by atoms with Crippen LogP contribution in [0.25, 0.3) is 0 Å². The van der Waals surface area contributed by atoms with Gasteiger partial charge < -0.3 is 20.4 Å². The van der Waals surface area contributed by atoms with Crippen molar-refractivity contribution in [2.75, 3.05) is 25.9 Å². The van der Waals surface area contributed by atoms with Crippen molar-refractivity contribution in [2.24, 2.45) is 0 Å². The van der Waals surface area contributed by atoms with Gasteiger partial charge in [-0.2, -0.15) is 0 Å². The van der Waals surface area contributed by atoms with Crippen molar-refractivity contribution in [1.29, 1.82) is 0 Å². The topological polar surface area (TPSA) is 84.4 Å². The molecule has 0 saturated carbocycles. The molecule has 3 N–H and O–H groups in total. The van der Waals surface area contributed by atoms with Crippen LogP contribution >= 0.6 is 30.4 Å². The molecule has 0 aromatic carbocycles. The maximum atomic E-state index is 10.3. The molecular weight excluding hydrogens is 250 g/mol. The third-order valence-electron chi connectivity index (χ3n) is 1.34. The molecule has 15 heavy (non-hydrogen) atoms. The molecule has 0 aliphatic carbocycles. The van der Waals surface area contributed by atoms with Gasteiger partial charge in [-0.15, -0.1) is 0 Å². The predicted molar refractivity (Wildman–Crippen MR) is 61.4 cm³/mol. The first-order chi connectivity index (χ1) is 6.45. The van der Waals surface area contributed by atoms with Gasteiger partial charge in [0.05, 0.1) is 4.99 Å². The Labute approximate surface area is 111 Å². The molecule has 0 bridgehead atoms. The van der Waals surface area contributed by atoms with Crippen molar-refractivity contribution in [2.45, 2.75) is 6.42 Å². The van der Waals surface area contributed by atoms with Crippen LogP contribution in [0.2, 0.25) is 0 Å². The normalized spacial score (nSPS) is 13.8. The maximum absolute atomic E-state index is 10.3. The first kappa shape index (κ1) is 18.3. The van der Waals surface area contributed by atoms with E-state index in [2.05, 4.69) is 10.6 Å². The van der Waals surface area contributed by atoms with Gasteiger partial charge in [-0.25, -0.2) is 0 Å². The number of rotatable bonds is 7. The van der Waals surface area contributed by atoms with E-state index in [-0.39, 0.29) is 18.9 Å². The summed E-state index contributed by atoms with van der Waals surface area (Å²) in [7, 11) is 1.76. The fourth-order valence-electron chi connectivity index (χ4n) is 0.685.